The summed E-state index contributed by atoms with van der Waals surface area (Å²) in [6, 6.07) is 2.77. The van der Waals surface area contributed by atoms with Gasteiger partial charge in [0.2, 0.25) is 0 Å². The average Bonchev–Trinajstić information content (AvgIpc) is 2.68. The Morgan fingerprint density at radius 2 is 2.11 bits per heavy atom. The third-order valence-electron chi connectivity index (χ3n) is 3.02. The second-order valence-corrected chi connectivity index (χ2v) is 6.30. The van der Waals surface area contributed by atoms with Crippen molar-refractivity contribution in [1.29, 1.82) is 0 Å². The molecule has 1 atom stereocenters. The largest absolute Gasteiger partial charge is 0.316 e. The van der Waals surface area contributed by atoms with Gasteiger partial charge in [-0.3, -0.25) is 4.68 Å². The third-order valence-corrected chi connectivity index (χ3v) is 4.56. The van der Waals surface area contributed by atoms with Crippen molar-refractivity contribution < 1.29 is 0 Å². The van der Waals surface area contributed by atoms with E-state index < -0.39 is 0 Å². The molecule has 0 aliphatic rings. The average molecular weight is 269 g/mol. The molecule has 3 nitrogen and oxygen atoms in total. The van der Waals surface area contributed by atoms with Crippen LogP contribution in [0.1, 0.15) is 32.2 Å². The highest BCUT2D eigenvalue weighted by Gasteiger charge is 2.11. The number of likely N-dealkylation sites (N-methyl/N-ethyl adjacent to an activating group) is 1. The molecule has 4 heteroatoms. The van der Waals surface area contributed by atoms with Gasteiger partial charge in [0.05, 0.1) is 5.69 Å². The van der Waals surface area contributed by atoms with Crippen LogP contribution >= 0.6 is 11.8 Å². The fraction of sp³-hybridized carbons (Fsp3) is 0.786. The molecular formula is C14H27N3S. The Balaban J connectivity index is 2.48. The predicted molar refractivity (Wildman–Crippen MR) is 81.3 cm³/mol. The summed E-state index contributed by atoms with van der Waals surface area (Å²) in [6.45, 7) is 6.70. The van der Waals surface area contributed by atoms with Gasteiger partial charge in [-0.1, -0.05) is 20.8 Å². The highest BCUT2D eigenvalue weighted by atomic mass is 32.2. The van der Waals surface area contributed by atoms with Crippen LogP contribution in [-0.4, -0.2) is 34.4 Å². The topological polar surface area (TPSA) is 29.9 Å². The van der Waals surface area contributed by atoms with Crippen LogP contribution in [-0.2, 0) is 19.9 Å². The Hall–Kier alpha value is -0.480. The monoisotopic (exact) mass is 269 g/mol. The molecule has 1 unspecified atom stereocenters. The molecule has 1 heterocycles. The van der Waals surface area contributed by atoms with Gasteiger partial charge >= 0.3 is 0 Å². The number of rotatable bonds is 8. The molecule has 1 aromatic heterocycles. The van der Waals surface area contributed by atoms with Crippen LogP contribution in [0.15, 0.2) is 6.07 Å². The molecule has 1 aromatic rings. The van der Waals surface area contributed by atoms with Crippen LogP contribution in [0.25, 0.3) is 0 Å². The minimum atomic E-state index is 0.536. The summed E-state index contributed by atoms with van der Waals surface area (Å²) in [6.07, 6.45) is 2.07. The van der Waals surface area contributed by atoms with Crippen molar-refractivity contribution in [3.8, 4) is 0 Å². The summed E-state index contributed by atoms with van der Waals surface area (Å²) >= 11 is 2.04. The minimum Gasteiger partial charge on any atom is -0.316 e. The zero-order valence-corrected chi connectivity index (χ0v) is 13.2. The lowest BCUT2D eigenvalue weighted by Gasteiger charge is -2.16. The van der Waals surface area contributed by atoms with Crippen molar-refractivity contribution in [1.82, 2.24) is 15.1 Å². The molecule has 0 aliphatic heterocycles. The van der Waals surface area contributed by atoms with E-state index in [0.717, 1.165) is 18.8 Å². The summed E-state index contributed by atoms with van der Waals surface area (Å²) in [5.41, 5.74) is 2.52. The first-order chi connectivity index (χ1) is 8.56. The number of hydrogen-bond acceptors (Lipinski definition) is 3. The fourth-order valence-electron chi connectivity index (χ4n) is 1.88. The van der Waals surface area contributed by atoms with E-state index in [1.54, 1.807) is 0 Å². The maximum absolute atomic E-state index is 4.51. The van der Waals surface area contributed by atoms with Crippen molar-refractivity contribution in [3.05, 3.63) is 17.5 Å². The van der Waals surface area contributed by atoms with Crippen molar-refractivity contribution in [2.45, 2.75) is 39.7 Å². The van der Waals surface area contributed by atoms with Gasteiger partial charge in [0.15, 0.2) is 0 Å². The molecule has 0 radical (unpaired) electrons. The molecule has 0 saturated carbocycles. The van der Waals surface area contributed by atoms with E-state index in [-0.39, 0.29) is 0 Å². The van der Waals surface area contributed by atoms with E-state index in [1.165, 1.54) is 22.9 Å². The summed E-state index contributed by atoms with van der Waals surface area (Å²) in [7, 11) is 4.10. The van der Waals surface area contributed by atoms with Gasteiger partial charge in [0.1, 0.15) is 0 Å². The smallest absolute Gasteiger partial charge is 0.0624 e. The van der Waals surface area contributed by atoms with E-state index in [9.17, 15) is 0 Å². The molecule has 0 spiro atoms. The van der Waals surface area contributed by atoms with Crippen LogP contribution < -0.4 is 5.32 Å². The fourth-order valence-corrected chi connectivity index (χ4v) is 3.05. The SMILES string of the molecule is CCc1cc(CC(CSCC(C)C)NC)n(C)n1. The maximum atomic E-state index is 4.51. The van der Waals surface area contributed by atoms with Gasteiger partial charge in [-0.05, 0) is 31.2 Å². The molecule has 1 N–H and O–H groups in total. The van der Waals surface area contributed by atoms with Crippen LogP contribution in [0.3, 0.4) is 0 Å². The van der Waals surface area contributed by atoms with Gasteiger partial charge in [-0.15, -0.1) is 0 Å². The summed E-state index contributed by atoms with van der Waals surface area (Å²) in [4.78, 5) is 0. The number of thioether (sulfide) groups is 1. The molecule has 0 aliphatic carbocycles. The molecule has 104 valence electrons. The predicted octanol–water partition coefficient (Wildman–Crippen LogP) is 2.50. The summed E-state index contributed by atoms with van der Waals surface area (Å²) in [5, 5.41) is 7.92. The minimum absolute atomic E-state index is 0.536. The third kappa shape index (κ3) is 5.02. The summed E-state index contributed by atoms with van der Waals surface area (Å²) in [5.74, 6) is 3.18. The van der Waals surface area contributed by atoms with Crippen molar-refractivity contribution in [2.75, 3.05) is 18.6 Å². The number of hydrogen-bond donors (Lipinski definition) is 1. The molecule has 1 rings (SSSR count). The van der Waals surface area contributed by atoms with Crippen LogP contribution in [0.2, 0.25) is 0 Å². The van der Waals surface area contributed by atoms with E-state index >= 15 is 0 Å². The molecule has 0 aromatic carbocycles. The lowest BCUT2D eigenvalue weighted by molar-refractivity contribution is 0.580. The van der Waals surface area contributed by atoms with Gasteiger partial charge in [0.25, 0.3) is 0 Å². The Kier molecular flexibility index (Phi) is 6.79. The molecular weight excluding hydrogens is 242 g/mol. The van der Waals surface area contributed by atoms with E-state index in [1.807, 2.05) is 23.5 Å². The Morgan fingerprint density at radius 1 is 1.39 bits per heavy atom. The van der Waals surface area contributed by atoms with E-state index in [2.05, 4.69) is 44.3 Å². The highest BCUT2D eigenvalue weighted by molar-refractivity contribution is 7.99. The molecule has 0 amide bonds. The number of aryl methyl sites for hydroxylation is 2. The van der Waals surface area contributed by atoms with Crippen molar-refractivity contribution in [3.63, 3.8) is 0 Å². The highest BCUT2D eigenvalue weighted by Crippen LogP contribution is 2.13. The van der Waals surface area contributed by atoms with Crippen LogP contribution in [0.4, 0.5) is 0 Å². The standard InChI is InChI=1S/C14H27N3S/c1-6-12-7-14(17(5)16-12)8-13(15-4)10-18-9-11(2)3/h7,11,13,15H,6,8-10H2,1-5H3. The maximum Gasteiger partial charge on any atom is 0.0624 e. The first kappa shape index (κ1) is 15.6. The molecule has 0 saturated heterocycles. The number of aromatic nitrogens is 2. The zero-order valence-electron chi connectivity index (χ0n) is 12.4. The lowest BCUT2D eigenvalue weighted by atomic mass is 10.1. The molecule has 0 fully saturated rings. The van der Waals surface area contributed by atoms with Crippen molar-refractivity contribution in [2.24, 2.45) is 13.0 Å². The van der Waals surface area contributed by atoms with Gasteiger partial charge in [0, 0.05) is 31.0 Å². The molecule has 0 bridgehead atoms. The van der Waals surface area contributed by atoms with Crippen LogP contribution in [0, 0.1) is 5.92 Å². The lowest BCUT2D eigenvalue weighted by Crippen LogP contribution is -2.31. The normalized spacial score (nSPS) is 13.2. The van der Waals surface area contributed by atoms with Gasteiger partial charge in [-0.2, -0.15) is 16.9 Å². The van der Waals surface area contributed by atoms with Gasteiger partial charge in [-0.25, -0.2) is 0 Å². The van der Waals surface area contributed by atoms with Crippen molar-refractivity contribution >= 4 is 11.8 Å². The Morgan fingerprint density at radius 3 is 2.61 bits per heavy atom. The molecule has 18 heavy (non-hydrogen) atoms. The van der Waals surface area contributed by atoms with Crippen LogP contribution in [0.5, 0.6) is 0 Å². The summed E-state index contributed by atoms with van der Waals surface area (Å²) < 4.78 is 2.02. The zero-order chi connectivity index (χ0) is 13.5. The first-order valence-electron chi connectivity index (χ1n) is 6.83. The Labute approximate surface area is 116 Å². The first-order valence-corrected chi connectivity index (χ1v) is 7.99. The number of nitrogens with one attached hydrogen (secondary N) is 1. The Bertz CT molecular complexity index is 347. The van der Waals surface area contributed by atoms with E-state index in [4.69, 9.17) is 0 Å². The quantitative estimate of drug-likeness (QED) is 0.786. The second-order valence-electron chi connectivity index (χ2n) is 5.23. The number of nitrogens with zero attached hydrogens (tertiary/aromatic N) is 2. The van der Waals surface area contributed by atoms with E-state index in [0.29, 0.717) is 6.04 Å². The second kappa shape index (κ2) is 7.85. The van der Waals surface area contributed by atoms with Gasteiger partial charge < -0.3 is 5.32 Å².